The standard InChI is InChI=1S/C11H18N2O3/c1-11(2,7-9(8-12)10(14)15)13-3-5-16-6-4-13/h9H,3-7H2,1-2H3,(H,14,15). The first-order chi connectivity index (χ1) is 7.47. The van der Waals surface area contributed by atoms with Gasteiger partial charge in [0.05, 0.1) is 19.3 Å². The Bertz CT molecular complexity index is 290. The first-order valence-electron chi connectivity index (χ1n) is 5.42. The highest BCUT2D eigenvalue weighted by molar-refractivity contribution is 5.73. The Hall–Kier alpha value is -1.12. The van der Waals surface area contributed by atoms with E-state index in [0.717, 1.165) is 13.1 Å². The van der Waals surface area contributed by atoms with E-state index in [1.165, 1.54) is 0 Å². The summed E-state index contributed by atoms with van der Waals surface area (Å²) in [6.45, 7) is 6.90. The van der Waals surface area contributed by atoms with Gasteiger partial charge in [0.15, 0.2) is 0 Å². The second-order valence-corrected chi connectivity index (χ2v) is 4.64. The van der Waals surface area contributed by atoms with Gasteiger partial charge in [-0.3, -0.25) is 9.69 Å². The maximum absolute atomic E-state index is 10.8. The van der Waals surface area contributed by atoms with Crippen LogP contribution in [0.25, 0.3) is 0 Å². The van der Waals surface area contributed by atoms with Gasteiger partial charge in [-0.1, -0.05) is 0 Å². The third-order valence-electron chi connectivity index (χ3n) is 3.02. The zero-order valence-corrected chi connectivity index (χ0v) is 9.77. The molecule has 0 bridgehead atoms. The largest absolute Gasteiger partial charge is 0.480 e. The van der Waals surface area contributed by atoms with Crippen LogP contribution in [-0.2, 0) is 9.53 Å². The molecule has 1 rings (SSSR count). The lowest BCUT2D eigenvalue weighted by Gasteiger charge is -2.41. The number of carboxylic acids is 1. The SMILES string of the molecule is CC(C)(CC(C#N)C(=O)O)N1CCOCC1. The Kier molecular flexibility index (Phi) is 4.27. The summed E-state index contributed by atoms with van der Waals surface area (Å²) in [6, 6.07) is 1.84. The smallest absolute Gasteiger partial charge is 0.320 e. The molecule has 0 aromatic carbocycles. The van der Waals surface area contributed by atoms with Crippen LogP contribution in [0.4, 0.5) is 0 Å². The van der Waals surface area contributed by atoms with E-state index in [-0.39, 0.29) is 5.54 Å². The van der Waals surface area contributed by atoms with Gasteiger partial charge in [0.2, 0.25) is 0 Å². The van der Waals surface area contributed by atoms with Gasteiger partial charge in [0, 0.05) is 18.6 Å². The molecule has 0 saturated carbocycles. The molecule has 1 N–H and O–H groups in total. The molecule has 0 aliphatic carbocycles. The summed E-state index contributed by atoms with van der Waals surface area (Å²) in [5.74, 6) is -1.97. The van der Waals surface area contributed by atoms with Crippen LogP contribution in [0.15, 0.2) is 0 Å². The van der Waals surface area contributed by atoms with E-state index in [1.807, 2.05) is 19.9 Å². The molecule has 1 aliphatic heterocycles. The summed E-state index contributed by atoms with van der Waals surface area (Å²) in [4.78, 5) is 13.0. The number of rotatable bonds is 4. The maximum Gasteiger partial charge on any atom is 0.320 e. The van der Waals surface area contributed by atoms with E-state index in [2.05, 4.69) is 4.90 Å². The van der Waals surface area contributed by atoms with Crippen LogP contribution in [-0.4, -0.2) is 47.8 Å². The van der Waals surface area contributed by atoms with Crippen LogP contribution < -0.4 is 0 Å². The van der Waals surface area contributed by atoms with Gasteiger partial charge in [-0.05, 0) is 20.3 Å². The molecular formula is C11H18N2O3. The highest BCUT2D eigenvalue weighted by atomic mass is 16.5. The molecule has 16 heavy (non-hydrogen) atoms. The van der Waals surface area contributed by atoms with E-state index in [9.17, 15) is 4.79 Å². The second kappa shape index (κ2) is 5.28. The second-order valence-electron chi connectivity index (χ2n) is 4.64. The Morgan fingerprint density at radius 1 is 1.56 bits per heavy atom. The summed E-state index contributed by atoms with van der Waals surface area (Å²) in [5.41, 5.74) is -0.275. The van der Waals surface area contributed by atoms with E-state index < -0.39 is 11.9 Å². The van der Waals surface area contributed by atoms with Gasteiger partial charge >= 0.3 is 5.97 Å². The first-order valence-corrected chi connectivity index (χ1v) is 5.42. The number of carboxylic acid groups (broad SMARTS) is 1. The predicted molar refractivity (Wildman–Crippen MR) is 57.8 cm³/mol. The van der Waals surface area contributed by atoms with Crippen molar-refractivity contribution in [1.82, 2.24) is 4.90 Å². The Balaban J connectivity index is 2.62. The minimum atomic E-state index is -1.04. The summed E-state index contributed by atoms with van der Waals surface area (Å²) < 4.78 is 5.25. The summed E-state index contributed by atoms with van der Waals surface area (Å²) in [6.07, 6.45) is 0.346. The van der Waals surface area contributed by atoms with Gasteiger partial charge in [0.25, 0.3) is 0 Å². The molecule has 1 atom stereocenters. The lowest BCUT2D eigenvalue weighted by atomic mass is 9.89. The molecule has 0 aromatic rings. The van der Waals surface area contributed by atoms with E-state index in [1.54, 1.807) is 0 Å². The number of hydrogen-bond donors (Lipinski definition) is 1. The lowest BCUT2D eigenvalue weighted by Crippen LogP contribution is -2.51. The third-order valence-corrected chi connectivity index (χ3v) is 3.02. The number of hydrogen-bond acceptors (Lipinski definition) is 4. The quantitative estimate of drug-likeness (QED) is 0.764. The molecule has 1 fully saturated rings. The van der Waals surface area contributed by atoms with Crippen molar-refractivity contribution < 1.29 is 14.6 Å². The average molecular weight is 226 g/mol. The molecule has 5 nitrogen and oxygen atoms in total. The van der Waals surface area contributed by atoms with E-state index >= 15 is 0 Å². The molecule has 1 aliphatic rings. The van der Waals surface area contributed by atoms with Crippen molar-refractivity contribution >= 4 is 5.97 Å². The van der Waals surface area contributed by atoms with Crippen LogP contribution in [0.5, 0.6) is 0 Å². The molecule has 0 amide bonds. The minimum absolute atomic E-state index is 0.275. The molecule has 0 aromatic heterocycles. The van der Waals surface area contributed by atoms with Crippen LogP contribution in [0.1, 0.15) is 20.3 Å². The Morgan fingerprint density at radius 2 is 2.12 bits per heavy atom. The van der Waals surface area contributed by atoms with Gasteiger partial charge in [-0.15, -0.1) is 0 Å². The molecule has 0 spiro atoms. The minimum Gasteiger partial charge on any atom is -0.480 e. The predicted octanol–water partition coefficient (Wildman–Crippen LogP) is 0.712. The molecule has 90 valence electrons. The number of carbonyl (C=O) groups is 1. The van der Waals surface area contributed by atoms with Crippen molar-refractivity contribution in [1.29, 1.82) is 5.26 Å². The first kappa shape index (κ1) is 12.9. The van der Waals surface area contributed by atoms with Gasteiger partial charge in [-0.25, -0.2) is 0 Å². The van der Waals surface area contributed by atoms with E-state index in [0.29, 0.717) is 19.6 Å². The number of nitriles is 1. The van der Waals surface area contributed by atoms with Crippen molar-refractivity contribution in [3.05, 3.63) is 0 Å². The number of nitrogens with zero attached hydrogens (tertiary/aromatic N) is 2. The Morgan fingerprint density at radius 3 is 2.56 bits per heavy atom. The monoisotopic (exact) mass is 226 g/mol. The fraction of sp³-hybridized carbons (Fsp3) is 0.818. The lowest BCUT2D eigenvalue weighted by molar-refractivity contribution is -0.141. The maximum atomic E-state index is 10.8. The molecule has 5 heteroatoms. The highest BCUT2D eigenvalue weighted by Gasteiger charge is 2.33. The normalized spacial score (nSPS) is 20.1. The number of aliphatic carboxylic acids is 1. The Labute approximate surface area is 95.6 Å². The molecule has 1 saturated heterocycles. The van der Waals surface area contributed by atoms with Crippen molar-refractivity contribution in [3.63, 3.8) is 0 Å². The van der Waals surface area contributed by atoms with Crippen LogP contribution in [0, 0.1) is 17.2 Å². The van der Waals surface area contributed by atoms with Crippen molar-refractivity contribution in [3.8, 4) is 6.07 Å². The van der Waals surface area contributed by atoms with Crippen LogP contribution in [0.2, 0.25) is 0 Å². The third kappa shape index (κ3) is 3.19. The molecular weight excluding hydrogens is 208 g/mol. The number of morpholine rings is 1. The summed E-state index contributed by atoms with van der Waals surface area (Å²) in [5, 5.41) is 17.7. The zero-order chi connectivity index (χ0) is 12.2. The molecule has 0 radical (unpaired) electrons. The molecule has 1 unspecified atom stereocenters. The molecule has 1 heterocycles. The van der Waals surface area contributed by atoms with Crippen LogP contribution in [0.3, 0.4) is 0 Å². The van der Waals surface area contributed by atoms with Crippen molar-refractivity contribution in [2.24, 2.45) is 5.92 Å². The fourth-order valence-electron chi connectivity index (χ4n) is 1.99. The topological polar surface area (TPSA) is 73.6 Å². The zero-order valence-electron chi connectivity index (χ0n) is 9.77. The van der Waals surface area contributed by atoms with Gasteiger partial charge < -0.3 is 9.84 Å². The summed E-state index contributed by atoms with van der Waals surface area (Å²) >= 11 is 0. The number of ether oxygens (including phenoxy) is 1. The average Bonchev–Trinajstić information content (AvgIpc) is 2.27. The van der Waals surface area contributed by atoms with Gasteiger partial charge in [0.1, 0.15) is 5.92 Å². The van der Waals surface area contributed by atoms with Crippen molar-refractivity contribution in [2.45, 2.75) is 25.8 Å². The van der Waals surface area contributed by atoms with Crippen molar-refractivity contribution in [2.75, 3.05) is 26.3 Å². The highest BCUT2D eigenvalue weighted by Crippen LogP contribution is 2.24. The van der Waals surface area contributed by atoms with Crippen LogP contribution >= 0.6 is 0 Å². The summed E-state index contributed by atoms with van der Waals surface area (Å²) in [7, 11) is 0. The van der Waals surface area contributed by atoms with E-state index in [4.69, 9.17) is 15.1 Å². The van der Waals surface area contributed by atoms with Gasteiger partial charge in [-0.2, -0.15) is 5.26 Å². The fourth-order valence-corrected chi connectivity index (χ4v) is 1.99.